The molecule has 0 radical (unpaired) electrons. The third-order valence-corrected chi connectivity index (χ3v) is 4.21. The molecule has 1 N–H and O–H groups in total. The van der Waals surface area contributed by atoms with Crippen LogP contribution in [0.4, 0.5) is 8.78 Å². The second-order valence-electron chi connectivity index (χ2n) is 5.64. The van der Waals surface area contributed by atoms with Gasteiger partial charge in [0, 0.05) is 0 Å². The van der Waals surface area contributed by atoms with Crippen molar-refractivity contribution < 1.29 is 13.9 Å². The van der Waals surface area contributed by atoms with Gasteiger partial charge in [0.2, 0.25) is 0 Å². The quantitative estimate of drug-likeness (QED) is 0.826. The SMILES string of the molecule is Cc1ccc(F)c(C(O)C2CCCCCCC2)c1F. The summed E-state index contributed by atoms with van der Waals surface area (Å²) in [5.74, 6) is -1.24. The summed E-state index contributed by atoms with van der Waals surface area (Å²) in [6, 6.07) is 2.67. The Morgan fingerprint density at radius 3 is 2.26 bits per heavy atom. The van der Waals surface area contributed by atoms with Crippen LogP contribution >= 0.6 is 0 Å². The molecule has 1 fully saturated rings. The average molecular weight is 268 g/mol. The first kappa shape index (κ1) is 14.4. The third-order valence-electron chi connectivity index (χ3n) is 4.21. The minimum Gasteiger partial charge on any atom is -0.388 e. The van der Waals surface area contributed by atoms with Crippen molar-refractivity contribution in [1.29, 1.82) is 0 Å². The summed E-state index contributed by atoms with van der Waals surface area (Å²) >= 11 is 0. The van der Waals surface area contributed by atoms with Gasteiger partial charge in [-0.05, 0) is 37.3 Å². The third kappa shape index (κ3) is 3.33. The zero-order valence-corrected chi connectivity index (χ0v) is 11.5. The number of halogens is 2. The maximum Gasteiger partial charge on any atom is 0.134 e. The van der Waals surface area contributed by atoms with Gasteiger partial charge in [0.25, 0.3) is 0 Å². The van der Waals surface area contributed by atoms with E-state index in [0.29, 0.717) is 5.56 Å². The van der Waals surface area contributed by atoms with Crippen LogP contribution in [-0.4, -0.2) is 5.11 Å². The number of aryl methyl sites for hydroxylation is 1. The lowest BCUT2D eigenvalue weighted by Crippen LogP contribution is -2.17. The van der Waals surface area contributed by atoms with Gasteiger partial charge >= 0.3 is 0 Å². The summed E-state index contributed by atoms with van der Waals surface area (Å²) < 4.78 is 27.9. The Bertz CT molecular complexity index is 423. The second-order valence-corrected chi connectivity index (χ2v) is 5.64. The van der Waals surface area contributed by atoms with Crippen LogP contribution in [-0.2, 0) is 0 Å². The van der Waals surface area contributed by atoms with Crippen molar-refractivity contribution in [2.24, 2.45) is 5.92 Å². The van der Waals surface area contributed by atoms with Gasteiger partial charge in [0.15, 0.2) is 0 Å². The van der Waals surface area contributed by atoms with E-state index >= 15 is 0 Å². The highest BCUT2D eigenvalue weighted by atomic mass is 19.1. The van der Waals surface area contributed by atoms with Crippen LogP contribution in [0.2, 0.25) is 0 Å². The molecule has 3 heteroatoms. The Balaban J connectivity index is 2.22. The predicted octanol–water partition coefficient (Wildman–Crippen LogP) is 4.67. The predicted molar refractivity (Wildman–Crippen MR) is 71.9 cm³/mol. The molecule has 19 heavy (non-hydrogen) atoms. The molecule has 1 aromatic carbocycles. The van der Waals surface area contributed by atoms with Gasteiger partial charge in [-0.25, -0.2) is 8.78 Å². The van der Waals surface area contributed by atoms with Gasteiger partial charge in [0.1, 0.15) is 11.6 Å². The van der Waals surface area contributed by atoms with Crippen LogP contribution in [0, 0.1) is 24.5 Å². The molecule has 0 heterocycles. The highest BCUT2D eigenvalue weighted by Crippen LogP contribution is 2.35. The molecule has 0 saturated heterocycles. The molecule has 106 valence electrons. The van der Waals surface area contributed by atoms with Crippen LogP contribution in [0.25, 0.3) is 0 Å². The van der Waals surface area contributed by atoms with E-state index in [1.54, 1.807) is 6.92 Å². The number of hydrogen-bond acceptors (Lipinski definition) is 1. The number of aliphatic hydroxyl groups excluding tert-OH is 1. The van der Waals surface area contributed by atoms with E-state index in [2.05, 4.69) is 0 Å². The van der Waals surface area contributed by atoms with Crippen LogP contribution in [0.1, 0.15) is 62.2 Å². The van der Waals surface area contributed by atoms with E-state index in [1.807, 2.05) is 0 Å². The molecule has 0 aliphatic heterocycles. The van der Waals surface area contributed by atoms with E-state index in [0.717, 1.165) is 38.5 Å². The fourth-order valence-corrected chi connectivity index (χ4v) is 2.99. The number of benzene rings is 1. The zero-order valence-electron chi connectivity index (χ0n) is 11.5. The van der Waals surface area contributed by atoms with Crippen molar-refractivity contribution in [3.05, 3.63) is 34.9 Å². The lowest BCUT2D eigenvalue weighted by atomic mass is 9.84. The van der Waals surface area contributed by atoms with Gasteiger partial charge in [-0.2, -0.15) is 0 Å². The fourth-order valence-electron chi connectivity index (χ4n) is 2.99. The van der Waals surface area contributed by atoms with Crippen molar-refractivity contribution in [3.63, 3.8) is 0 Å². The average Bonchev–Trinajstić information content (AvgIpc) is 2.34. The Morgan fingerprint density at radius 2 is 1.63 bits per heavy atom. The molecule has 1 aliphatic rings. The second kappa shape index (κ2) is 6.47. The molecule has 1 atom stereocenters. The van der Waals surface area contributed by atoms with Crippen molar-refractivity contribution in [3.8, 4) is 0 Å². The molecule has 2 rings (SSSR count). The lowest BCUT2D eigenvalue weighted by Gasteiger charge is -2.26. The molecule has 0 bridgehead atoms. The molecule has 0 spiro atoms. The van der Waals surface area contributed by atoms with Crippen LogP contribution in [0.5, 0.6) is 0 Å². The minimum absolute atomic E-state index is 0.0221. The van der Waals surface area contributed by atoms with E-state index in [9.17, 15) is 13.9 Å². The summed E-state index contributed by atoms with van der Waals surface area (Å²) in [5.41, 5.74) is 0.256. The molecule has 1 saturated carbocycles. The van der Waals surface area contributed by atoms with Gasteiger partial charge in [-0.3, -0.25) is 0 Å². The lowest BCUT2D eigenvalue weighted by molar-refractivity contribution is 0.0842. The summed E-state index contributed by atoms with van der Waals surface area (Å²) in [4.78, 5) is 0. The van der Waals surface area contributed by atoms with E-state index in [1.165, 1.54) is 18.6 Å². The normalized spacial score (nSPS) is 19.8. The van der Waals surface area contributed by atoms with Crippen LogP contribution < -0.4 is 0 Å². The summed E-state index contributed by atoms with van der Waals surface area (Å²) in [7, 11) is 0. The number of aliphatic hydroxyl groups is 1. The Hall–Kier alpha value is -0.960. The van der Waals surface area contributed by atoms with Crippen molar-refractivity contribution >= 4 is 0 Å². The maximum absolute atomic E-state index is 14.0. The molecule has 0 aromatic heterocycles. The fraction of sp³-hybridized carbons (Fsp3) is 0.625. The standard InChI is InChI=1S/C16H22F2O/c1-11-9-10-13(17)14(15(11)18)16(19)12-7-5-3-2-4-6-8-12/h9-10,12,16,19H,2-8H2,1H3. The first-order valence-electron chi connectivity index (χ1n) is 7.24. The van der Waals surface area contributed by atoms with E-state index < -0.39 is 17.7 Å². The molecule has 1 aliphatic carbocycles. The monoisotopic (exact) mass is 268 g/mol. The highest BCUT2D eigenvalue weighted by molar-refractivity contribution is 5.28. The van der Waals surface area contributed by atoms with Crippen LogP contribution in [0.3, 0.4) is 0 Å². The Labute approximate surface area is 113 Å². The topological polar surface area (TPSA) is 20.2 Å². The Morgan fingerprint density at radius 1 is 1.05 bits per heavy atom. The molecule has 1 aromatic rings. The zero-order chi connectivity index (χ0) is 13.8. The smallest absolute Gasteiger partial charge is 0.134 e. The van der Waals surface area contributed by atoms with Crippen molar-refractivity contribution in [2.45, 2.75) is 58.0 Å². The first-order chi connectivity index (χ1) is 9.11. The number of hydrogen-bond donors (Lipinski definition) is 1. The molecule has 1 nitrogen and oxygen atoms in total. The summed E-state index contributed by atoms with van der Waals surface area (Å²) in [6.07, 6.45) is 6.31. The first-order valence-corrected chi connectivity index (χ1v) is 7.24. The molecular weight excluding hydrogens is 246 g/mol. The van der Waals surface area contributed by atoms with Crippen molar-refractivity contribution in [2.75, 3.05) is 0 Å². The molecule has 0 amide bonds. The van der Waals surface area contributed by atoms with Gasteiger partial charge in [0.05, 0.1) is 11.7 Å². The van der Waals surface area contributed by atoms with Crippen molar-refractivity contribution in [1.82, 2.24) is 0 Å². The van der Waals surface area contributed by atoms with Crippen LogP contribution in [0.15, 0.2) is 12.1 Å². The summed E-state index contributed by atoms with van der Waals surface area (Å²) in [5, 5.41) is 10.4. The minimum atomic E-state index is -1.02. The highest BCUT2D eigenvalue weighted by Gasteiger charge is 2.27. The molecular formula is C16H22F2O. The largest absolute Gasteiger partial charge is 0.388 e. The van der Waals surface area contributed by atoms with Gasteiger partial charge in [-0.15, -0.1) is 0 Å². The van der Waals surface area contributed by atoms with Gasteiger partial charge in [-0.1, -0.05) is 38.2 Å². The Kier molecular flexibility index (Phi) is 4.92. The summed E-state index contributed by atoms with van der Waals surface area (Å²) in [6.45, 7) is 1.60. The number of rotatable bonds is 2. The maximum atomic E-state index is 14.0. The van der Waals surface area contributed by atoms with E-state index in [-0.39, 0.29) is 11.5 Å². The molecule has 1 unspecified atom stereocenters. The van der Waals surface area contributed by atoms with E-state index in [4.69, 9.17) is 0 Å². The van der Waals surface area contributed by atoms with Gasteiger partial charge < -0.3 is 5.11 Å².